The number of carbonyl (C=O) groups is 2. The first kappa shape index (κ1) is 14.6. The average molecular weight is 302 g/mol. The lowest BCUT2D eigenvalue weighted by Crippen LogP contribution is -2.53. The lowest BCUT2D eigenvalue weighted by atomic mass is 9.47. The first-order valence-electron chi connectivity index (χ1n) is 8.89. The summed E-state index contributed by atoms with van der Waals surface area (Å²) < 4.78 is 0. The van der Waals surface area contributed by atoms with Crippen molar-refractivity contribution in [1.82, 2.24) is 0 Å². The van der Waals surface area contributed by atoms with Crippen LogP contribution in [0, 0.1) is 28.6 Å². The second-order valence-electron chi connectivity index (χ2n) is 8.28. The molecule has 0 bridgehead atoms. The van der Waals surface area contributed by atoms with Gasteiger partial charge in [-0.05, 0) is 62.4 Å². The van der Waals surface area contributed by atoms with Crippen molar-refractivity contribution >= 4 is 11.6 Å². The molecule has 4 aliphatic rings. The molecule has 1 unspecified atom stereocenters. The van der Waals surface area contributed by atoms with Gasteiger partial charge >= 0.3 is 0 Å². The number of hydrogen-bond donors (Lipinski definition) is 1. The van der Waals surface area contributed by atoms with Crippen LogP contribution in [0.5, 0.6) is 0 Å². The summed E-state index contributed by atoms with van der Waals surface area (Å²) in [7, 11) is 0. The molecule has 0 spiro atoms. The second kappa shape index (κ2) is 4.77. The zero-order valence-corrected chi connectivity index (χ0v) is 13.4. The van der Waals surface area contributed by atoms with Crippen LogP contribution in [0.15, 0.2) is 11.6 Å². The van der Waals surface area contributed by atoms with E-state index in [1.807, 2.05) is 6.08 Å². The number of hydrogen-bond acceptors (Lipinski definition) is 3. The van der Waals surface area contributed by atoms with E-state index in [0.717, 1.165) is 44.9 Å². The zero-order valence-electron chi connectivity index (χ0n) is 13.4. The molecule has 5 atom stereocenters. The molecule has 0 saturated heterocycles. The van der Waals surface area contributed by atoms with E-state index in [9.17, 15) is 14.7 Å². The molecule has 0 radical (unpaired) electrons. The normalized spacial score (nSPS) is 47.5. The van der Waals surface area contributed by atoms with Gasteiger partial charge in [0, 0.05) is 23.7 Å². The second-order valence-corrected chi connectivity index (χ2v) is 8.28. The lowest BCUT2D eigenvalue weighted by Gasteiger charge is -2.57. The average Bonchev–Trinajstić information content (AvgIpc) is 2.82. The number of Topliss-reactive ketones (excluding diaryl/α,β-unsaturated/α-hetero) is 1. The van der Waals surface area contributed by atoms with Crippen molar-refractivity contribution in [2.45, 2.75) is 58.3 Å². The number of rotatable bonds is 1. The van der Waals surface area contributed by atoms with Crippen LogP contribution in [0.4, 0.5) is 0 Å². The molecule has 0 aromatic carbocycles. The Bertz CT molecular complexity index is 563. The standard InChI is InChI=1S/C19H26O3/c1-18-8-7-16-14(15(18)4-5-17(18)22)3-2-12-10-13(21)6-9-19(12,16)11-20/h10,14-16,20H,2-9,11H2,1H3/t14-,15-,16-,18-,19?/m0/s1. The highest BCUT2D eigenvalue weighted by molar-refractivity contribution is 5.91. The summed E-state index contributed by atoms with van der Waals surface area (Å²) in [5.41, 5.74) is 0.938. The van der Waals surface area contributed by atoms with Crippen molar-refractivity contribution in [2.24, 2.45) is 28.6 Å². The van der Waals surface area contributed by atoms with E-state index in [-0.39, 0.29) is 23.2 Å². The maximum atomic E-state index is 12.4. The van der Waals surface area contributed by atoms with Gasteiger partial charge in [-0.3, -0.25) is 9.59 Å². The largest absolute Gasteiger partial charge is 0.395 e. The minimum absolute atomic E-state index is 0.108. The highest BCUT2D eigenvalue weighted by Crippen LogP contribution is 2.64. The van der Waals surface area contributed by atoms with Crippen molar-refractivity contribution in [1.29, 1.82) is 0 Å². The first-order valence-corrected chi connectivity index (χ1v) is 8.89. The Morgan fingerprint density at radius 1 is 1.09 bits per heavy atom. The minimum Gasteiger partial charge on any atom is -0.395 e. The molecule has 3 fully saturated rings. The van der Waals surface area contributed by atoms with Gasteiger partial charge in [-0.2, -0.15) is 0 Å². The fourth-order valence-electron chi connectivity index (χ4n) is 6.43. The molecule has 3 heteroatoms. The van der Waals surface area contributed by atoms with E-state index in [4.69, 9.17) is 0 Å². The summed E-state index contributed by atoms with van der Waals surface area (Å²) in [5, 5.41) is 10.2. The minimum atomic E-state index is -0.163. The first-order chi connectivity index (χ1) is 10.5. The topological polar surface area (TPSA) is 54.4 Å². The molecular formula is C19H26O3. The Morgan fingerprint density at radius 3 is 2.68 bits per heavy atom. The third-order valence-electron chi connectivity index (χ3n) is 7.68. The van der Waals surface area contributed by atoms with Gasteiger partial charge in [0.1, 0.15) is 5.78 Å². The van der Waals surface area contributed by atoms with Crippen LogP contribution in [0.3, 0.4) is 0 Å². The van der Waals surface area contributed by atoms with Crippen LogP contribution >= 0.6 is 0 Å². The molecular weight excluding hydrogens is 276 g/mol. The Hall–Kier alpha value is -0.960. The van der Waals surface area contributed by atoms with Gasteiger partial charge in [0.2, 0.25) is 0 Å². The molecule has 3 saturated carbocycles. The number of aliphatic hydroxyl groups is 1. The van der Waals surface area contributed by atoms with Gasteiger partial charge < -0.3 is 5.11 Å². The molecule has 22 heavy (non-hydrogen) atoms. The monoisotopic (exact) mass is 302 g/mol. The summed E-state index contributed by atoms with van der Waals surface area (Å²) in [6.07, 6.45) is 9.06. The Balaban J connectivity index is 1.73. The Labute approximate surface area is 132 Å². The van der Waals surface area contributed by atoms with E-state index in [0.29, 0.717) is 30.0 Å². The summed E-state index contributed by atoms with van der Waals surface area (Å²) in [6.45, 7) is 2.36. The van der Waals surface area contributed by atoms with Crippen LogP contribution < -0.4 is 0 Å². The van der Waals surface area contributed by atoms with Crippen LogP contribution in [-0.2, 0) is 9.59 Å². The van der Waals surface area contributed by atoms with Crippen LogP contribution in [0.1, 0.15) is 58.3 Å². The highest BCUT2D eigenvalue weighted by Gasteiger charge is 2.59. The van der Waals surface area contributed by atoms with Gasteiger partial charge in [0.25, 0.3) is 0 Å². The van der Waals surface area contributed by atoms with Gasteiger partial charge in [0.05, 0.1) is 6.61 Å². The smallest absolute Gasteiger partial charge is 0.155 e. The van der Waals surface area contributed by atoms with Gasteiger partial charge in [-0.15, -0.1) is 0 Å². The molecule has 0 aliphatic heterocycles. The fourth-order valence-corrected chi connectivity index (χ4v) is 6.43. The maximum absolute atomic E-state index is 12.4. The van der Waals surface area contributed by atoms with E-state index in [2.05, 4.69) is 6.92 Å². The molecule has 1 N–H and O–H groups in total. The number of ketones is 2. The van der Waals surface area contributed by atoms with Crippen molar-refractivity contribution in [3.8, 4) is 0 Å². The van der Waals surface area contributed by atoms with Crippen molar-refractivity contribution in [2.75, 3.05) is 6.61 Å². The van der Waals surface area contributed by atoms with E-state index >= 15 is 0 Å². The molecule has 0 aromatic rings. The van der Waals surface area contributed by atoms with E-state index in [1.165, 1.54) is 5.57 Å². The number of fused-ring (bicyclic) bond motifs is 5. The van der Waals surface area contributed by atoms with Gasteiger partial charge in [-0.1, -0.05) is 12.5 Å². The molecule has 120 valence electrons. The SMILES string of the molecule is C[C@]12CC[C@H]3[C@@H](CCC4=CC(=O)CCC43CO)[C@@H]1CCC2=O. The molecule has 3 nitrogen and oxygen atoms in total. The Kier molecular flexibility index (Phi) is 3.17. The zero-order chi connectivity index (χ0) is 15.5. The van der Waals surface area contributed by atoms with Crippen molar-refractivity contribution in [3.63, 3.8) is 0 Å². The summed E-state index contributed by atoms with van der Waals surface area (Å²) in [4.78, 5) is 24.2. The number of carbonyl (C=O) groups excluding carboxylic acids is 2. The van der Waals surface area contributed by atoms with Gasteiger partial charge in [0.15, 0.2) is 5.78 Å². The third-order valence-corrected chi connectivity index (χ3v) is 7.68. The van der Waals surface area contributed by atoms with Gasteiger partial charge in [-0.25, -0.2) is 0 Å². The van der Waals surface area contributed by atoms with Crippen LogP contribution in [0.25, 0.3) is 0 Å². The predicted molar refractivity (Wildman–Crippen MR) is 83.1 cm³/mol. The van der Waals surface area contributed by atoms with Crippen LogP contribution in [0.2, 0.25) is 0 Å². The molecule has 4 aliphatic carbocycles. The molecule has 0 amide bonds. The highest BCUT2D eigenvalue weighted by atomic mass is 16.3. The van der Waals surface area contributed by atoms with Crippen molar-refractivity contribution in [3.05, 3.63) is 11.6 Å². The quantitative estimate of drug-likeness (QED) is 0.810. The molecule has 4 rings (SSSR count). The summed E-state index contributed by atoms with van der Waals surface area (Å²) >= 11 is 0. The van der Waals surface area contributed by atoms with E-state index in [1.54, 1.807) is 0 Å². The third kappa shape index (κ3) is 1.72. The Morgan fingerprint density at radius 2 is 1.91 bits per heavy atom. The fraction of sp³-hybridized carbons (Fsp3) is 0.789. The number of aliphatic hydroxyl groups excluding tert-OH is 1. The van der Waals surface area contributed by atoms with E-state index < -0.39 is 0 Å². The molecule has 0 aromatic heterocycles. The predicted octanol–water partition coefficient (Wildman–Crippen LogP) is 3.06. The van der Waals surface area contributed by atoms with Crippen molar-refractivity contribution < 1.29 is 14.7 Å². The van der Waals surface area contributed by atoms with Crippen LogP contribution in [-0.4, -0.2) is 23.3 Å². The maximum Gasteiger partial charge on any atom is 0.155 e. The lowest BCUT2D eigenvalue weighted by molar-refractivity contribution is -0.134. The summed E-state index contributed by atoms with van der Waals surface area (Å²) in [5.74, 6) is 2.22. The molecule has 0 heterocycles. The summed E-state index contributed by atoms with van der Waals surface area (Å²) in [6, 6.07) is 0.